The summed E-state index contributed by atoms with van der Waals surface area (Å²) in [5.74, 6) is 0.561. The maximum Gasteiger partial charge on any atom is 0.0678 e. The van der Waals surface area contributed by atoms with Gasteiger partial charge in [-0.3, -0.25) is 0 Å². The molecule has 116 valence electrons. The van der Waals surface area contributed by atoms with E-state index in [0.717, 1.165) is 32.4 Å². The number of rotatable bonds is 3. The highest BCUT2D eigenvalue weighted by Gasteiger charge is 2.36. The third-order valence-electron chi connectivity index (χ3n) is 5.58. The first-order valence-corrected chi connectivity index (χ1v) is 8.62. The van der Waals surface area contributed by atoms with Gasteiger partial charge in [-0.2, -0.15) is 0 Å². The van der Waals surface area contributed by atoms with E-state index in [1.54, 1.807) is 0 Å². The Kier molecular flexibility index (Phi) is 4.37. The van der Waals surface area contributed by atoms with Crippen LogP contribution in [0, 0.1) is 0 Å². The van der Waals surface area contributed by atoms with Crippen molar-refractivity contribution in [1.82, 2.24) is 4.90 Å². The number of hydrogen-bond donors (Lipinski definition) is 1. The van der Waals surface area contributed by atoms with Crippen molar-refractivity contribution in [1.29, 1.82) is 0 Å². The molecule has 1 atom stereocenters. The minimum absolute atomic E-state index is 0.444. The SMILES string of the molecule is CC(C)N1CCC(O)(CC2CCCc3ccccc32)CC1. The second kappa shape index (κ2) is 6.10. The molecule has 1 aromatic carbocycles. The molecule has 21 heavy (non-hydrogen) atoms. The van der Waals surface area contributed by atoms with Crippen molar-refractivity contribution >= 4 is 0 Å². The lowest BCUT2D eigenvalue weighted by atomic mass is 9.74. The monoisotopic (exact) mass is 287 g/mol. The number of likely N-dealkylation sites (tertiary alicyclic amines) is 1. The zero-order valence-corrected chi connectivity index (χ0v) is 13.5. The van der Waals surface area contributed by atoms with Gasteiger partial charge >= 0.3 is 0 Å². The van der Waals surface area contributed by atoms with Crippen molar-refractivity contribution in [3.05, 3.63) is 35.4 Å². The van der Waals surface area contributed by atoms with E-state index in [4.69, 9.17) is 0 Å². The van der Waals surface area contributed by atoms with Crippen molar-refractivity contribution < 1.29 is 5.11 Å². The van der Waals surface area contributed by atoms with Crippen LogP contribution in [0.1, 0.15) is 63.0 Å². The topological polar surface area (TPSA) is 23.5 Å². The van der Waals surface area contributed by atoms with E-state index >= 15 is 0 Å². The molecule has 0 radical (unpaired) electrons. The van der Waals surface area contributed by atoms with E-state index in [-0.39, 0.29) is 0 Å². The van der Waals surface area contributed by atoms with Crippen LogP contribution in [0.25, 0.3) is 0 Å². The summed E-state index contributed by atoms with van der Waals surface area (Å²) in [5.41, 5.74) is 2.57. The van der Waals surface area contributed by atoms with Gasteiger partial charge in [-0.25, -0.2) is 0 Å². The second-order valence-electron chi connectivity index (χ2n) is 7.35. The van der Waals surface area contributed by atoms with Gasteiger partial charge < -0.3 is 10.0 Å². The predicted octanol–water partition coefficient (Wildman–Crippen LogP) is 3.73. The number of aliphatic hydroxyl groups is 1. The average molecular weight is 287 g/mol. The molecule has 2 nitrogen and oxygen atoms in total. The summed E-state index contributed by atoms with van der Waals surface area (Å²) in [7, 11) is 0. The zero-order valence-electron chi connectivity index (χ0n) is 13.5. The smallest absolute Gasteiger partial charge is 0.0678 e. The molecule has 0 saturated carbocycles. The van der Waals surface area contributed by atoms with Gasteiger partial charge in [0.15, 0.2) is 0 Å². The first kappa shape index (κ1) is 15.1. The number of hydrogen-bond acceptors (Lipinski definition) is 2. The van der Waals surface area contributed by atoms with Gasteiger partial charge in [0.05, 0.1) is 5.60 Å². The molecule has 0 spiro atoms. The number of nitrogens with zero attached hydrogens (tertiary/aromatic N) is 1. The minimum Gasteiger partial charge on any atom is -0.390 e. The third-order valence-corrected chi connectivity index (χ3v) is 5.58. The van der Waals surface area contributed by atoms with Crippen LogP contribution >= 0.6 is 0 Å². The van der Waals surface area contributed by atoms with Crippen LogP contribution in [-0.4, -0.2) is 34.7 Å². The lowest BCUT2D eigenvalue weighted by molar-refractivity contribution is -0.0394. The number of benzene rings is 1. The summed E-state index contributed by atoms with van der Waals surface area (Å²) in [5, 5.41) is 11.0. The van der Waals surface area contributed by atoms with E-state index < -0.39 is 5.60 Å². The van der Waals surface area contributed by atoms with Crippen LogP contribution in [-0.2, 0) is 6.42 Å². The van der Waals surface area contributed by atoms with Gasteiger partial charge in [-0.05, 0) is 69.4 Å². The van der Waals surface area contributed by atoms with Crippen LogP contribution in [0.5, 0.6) is 0 Å². The fourth-order valence-electron chi connectivity index (χ4n) is 4.19. The van der Waals surface area contributed by atoms with Crippen molar-refractivity contribution in [2.75, 3.05) is 13.1 Å². The molecule has 0 aromatic heterocycles. The molecule has 1 saturated heterocycles. The highest BCUT2D eigenvalue weighted by Crippen LogP contribution is 2.40. The Balaban J connectivity index is 1.67. The quantitative estimate of drug-likeness (QED) is 0.915. The second-order valence-corrected chi connectivity index (χ2v) is 7.35. The Morgan fingerprint density at radius 1 is 1.24 bits per heavy atom. The lowest BCUT2D eigenvalue weighted by Gasteiger charge is -2.42. The van der Waals surface area contributed by atoms with E-state index in [1.165, 1.54) is 30.4 Å². The molecule has 0 amide bonds. The fourth-order valence-corrected chi connectivity index (χ4v) is 4.19. The molecule has 1 unspecified atom stereocenters. The largest absolute Gasteiger partial charge is 0.390 e. The maximum absolute atomic E-state index is 11.0. The Labute approximate surface area is 129 Å². The summed E-state index contributed by atoms with van der Waals surface area (Å²) in [4.78, 5) is 2.49. The standard InChI is InChI=1S/C19H29NO/c1-15(2)20-12-10-19(21,11-13-20)14-17-8-5-7-16-6-3-4-9-18(16)17/h3-4,6,9,15,17,21H,5,7-8,10-14H2,1-2H3. The van der Waals surface area contributed by atoms with Crippen LogP contribution in [0.15, 0.2) is 24.3 Å². The summed E-state index contributed by atoms with van der Waals surface area (Å²) in [6, 6.07) is 9.46. The molecule has 0 bridgehead atoms. The summed E-state index contributed by atoms with van der Waals surface area (Å²) < 4.78 is 0. The normalized spacial score (nSPS) is 25.8. The Morgan fingerprint density at radius 2 is 1.95 bits per heavy atom. The molecule has 1 aliphatic heterocycles. The fraction of sp³-hybridized carbons (Fsp3) is 0.684. The highest BCUT2D eigenvalue weighted by atomic mass is 16.3. The van der Waals surface area contributed by atoms with E-state index in [2.05, 4.69) is 43.0 Å². The van der Waals surface area contributed by atoms with Gasteiger partial charge in [-0.15, -0.1) is 0 Å². The molecule has 1 heterocycles. The molecule has 1 fully saturated rings. The Morgan fingerprint density at radius 3 is 2.67 bits per heavy atom. The molecule has 2 heteroatoms. The number of aryl methyl sites for hydroxylation is 1. The predicted molar refractivity (Wildman–Crippen MR) is 87.6 cm³/mol. The van der Waals surface area contributed by atoms with E-state index in [0.29, 0.717) is 12.0 Å². The van der Waals surface area contributed by atoms with Crippen molar-refractivity contribution in [3.8, 4) is 0 Å². The van der Waals surface area contributed by atoms with Gasteiger partial charge in [0.1, 0.15) is 0 Å². The highest BCUT2D eigenvalue weighted by molar-refractivity contribution is 5.32. The van der Waals surface area contributed by atoms with Gasteiger partial charge in [-0.1, -0.05) is 24.3 Å². The van der Waals surface area contributed by atoms with Crippen LogP contribution in [0.3, 0.4) is 0 Å². The van der Waals surface area contributed by atoms with Crippen molar-refractivity contribution in [2.45, 2.75) is 69.9 Å². The lowest BCUT2D eigenvalue weighted by Crippen LogP contribution is -2.47. The first-order chi connectivity index (χ1) is 10.1. The van der Waals surface area contributed by atoms with Crippen LogP contribution in [0.4, 0.5) is 0 Å². The average Bonchev–Trinajstić information content (AvgIpc) is 2.48. The van der Waals surface area contributed by atoms with Crippen LogP contribution in [0.2, 0.25) is 0 Å². The molecule has 3 rings (SSSR count). The molecule has 2 aliphatic rings. The first-order valence-electron chi connectivity index (χ1n) is 8.62. The molecule has 1 N–H and O–H groups in total. The number of fused-ring (bicyclic) bond motifs is 1. The van der Waals surface area contributed by atoms with Crippen molar-refractivity contribution in [2.24, 2.45) is 0 Å². The van der Waals surface area contributed by atoms with Crippen LogP contribution < -0.4 is 0 Å². The molecular formula is C19H29NO. The minimum atomic E-state index is -0.444. The Hall–Kier alpha value is -0.860. The van der Waals surface area contributed by atoms with Gasteiger partial charge in [0.2, 0.25) is 0 Å². The zero-order chi connectivity index (χ0) is 14.9. The van der Waals surface area contributed by atoms with Gasteiger partial charge in [0, 0.05) is 19.1 Å². The van der Waals surface area contributed by atoms with E-state index in [9.17, 15) is 5.11 Å². The third kappa shape index (κ3) is 3.32. The maximum atomic E-state index is 11.0. The molecule has 1 aromatic rings. The summed E-state index contributed by atoms with van der Waals surface area (Å²) in [6.07, 6.45) is 6.55. The van der Waals surface area contributed by atoms with Gasteiger partial charge in [0.25, 0.3) is 0 Å². The summed E-state index contributed by atoms with van der Waals surface area (Å²) >= 11 is 0. The molecular weight excluding hydrogens is 258 g/mol. The summed E-state index contributed by atoms with van der Waals surface area (Å²) in [6.45, 7) is 6.59. The molecule has 1 aliphatic carbocycles. The van der Waals surface area contributed by atoms with E-state index in [1.807, 2.05) is 0 Å². The number of piperidine rings is 1. The van der Waals surface area contributed by atoms with Crippen molar-refractivity contribution in [3.63, 3.8) is 0 Å². The Bertz CT molecular complexity index is 474.